The highest BCUT2D eigenvalue weighted by atomic mass is 79.9. The molecule has 0 bridgehead atoms. The molecule has 3 rings (SSSR count). The van der Waals surface area contributed by atoms with Crippen LogP contribution in [0.3, 0.4) is 0 Å². The van der Waals surface area contributed by atoms with Crippen molar-refractivity contribution in [3.05, 3.63) is 60.2 Å². The van der Waals surface area contributed by atoms with Crippen molar-refractivity contribution in [1.82, 2.24) is 14.5 Å². The zero-order valence-corrected chi connectivity index (χ0v) is 17.6. The van der Waals surface area contributed by atoms with Gasteiger partial charge in [-0.3, -0.25) is 9.40 Å². The summed E-state index contributed by atoms with van der Waals surface area (Å²) in [6, 6.07) is 12.1. The normalized spacial score (nSPS) is 10.2. The molecule has 0 aliphatic rings. The Morgan fingerprint density at radius 2 is 2.07 bits per heavy atom. The van der Waals surface area contributed by atoms with Crippen LogP contribution in [0.25, 0.3) is 11.2 Å². The van der Waals surface area contributed by atoms with Crippen LogP contribution in [0.5, 0.6) is 0 Å². The maximum atomic E-state index is 8.92. The molecule has 8 heteroatoms. The number of fused-ring (bicyclic) bond motifs is 1. The summed E-state index contributed by atoms with van der Waals surface area (Å²) in [5.74, 6) is 0.605. The minimum atomic E-state index is 0. The second-order valence-corrected chi connectivity index (χ2v) is 6.42. The fourth-order valence-electron chi connectivity index (χ4n) is 2.71. The van der Waals surface area contributed by atoms with Gasteiger partial charge in [-0.05, 0) is 19.4 Å². The Balaban J connectivity index is 0.00000280. The van der Waals surface area contributed by atoms with Crippen molar-refractivity contribution in [1.29, 1.82) is 5.26 Å². The summed E-state index contributed by atoms with van der Waals surface area (Å²) in [6.07, 6.45) is 6.03. The van der Waals surface area contributed by atoms with Gasteiger partial charge in [0.1, 0.15) is 0 Å². The molecule has 1 N–H and O–H groups in total. The number of hydrogen-bond acceptors (Lipinski definition) is 5. The van der Waals surface area contributed by atoms with Gasteiger partial charge in [0.2, 0.25) is 5.52 Å². The van der Waals surface area contributed by atoms with Gasteiger partial charge in [0.15, 0.2) is 18.5 Å². The maximum absolute atomic E-state index is 8.92. The van der Waals surface area contributed by atoms with E-state index in [2.05, 4.69) is 46.0 Å². The lowest BCUT2D eigenvalue weighted by Gasteiger charge is -2.06. The molecule has 3 aromatic rings. The van der Waals surface area contributed by atoms with Gasteiger partial charge in [0.25, 0.3) is 0 Å². The summed E-state index contributed by atoms with van der Waals surface area (Å²) >= 11 is 0. The second-order valence-electron chi connectivity index (χ2n) is 6.42. The smallest absolute Gasteiger partial charge is 0.307 e. The number of nitriles is 1. The van der Waals surface area contributed by atoms with E-state index in [4.69, 9.17) is 10.1 Å². The Labute approximate surface area is 175 Å². The van der Waals surface area contributed by atoms with E-state index in [-0.39, 0.29) is 17.0 Å². The minimum absolute atomic E-state index is 0. The van der Waals surface area contributed by atoms with Crippen molar-refractivity contribution >= 4 is 17.0 Å². The summed E-state index contributed by atoms with van der Waals surface area (Å²) in [4.78, 5) is 14.4. The van der Waals surface area contributed by atoms with Crippen LogP contribution >= 0.6 is 0 Å². The van der Waals surface area contributed by atoms with Crippen molar-refractivity contribution < 1.29 is 26.4 Å². The first-order valence-electron chi connectivity index (χ1n) is 8.84. The van der Waals surface area contributed by atoms with Gasteiger partial charge in [0.05, 0.1) is 32.2 Å². The van der Waals surface area contributed by atoms with Crippen LogP contribution < -0.4 is 27.0 Å². The number of aryl methyl sites for hydroxylation is 1. The van der Waals surface area contributed by atoms with Gasteiger partial charge in [-0.15, -0.1) is 0 Å². The second kappa shape index (κ2) is 10.5. The Morgan fingerprint density at radius 3 is 2.79 bits per heavy atom. The van der Waals surface area contributed by atoms with Crippen LogP contribution in [0.2, 0.25) is 0 Å². The molecule has 7 nitrogen and oxygen atoms in total. The zero-order valence-electron chi connectivity index (χ0n) is 16.0. The number of nitrogens with zero attached hydrogens (tertiary/aromatic N) is 5. The number of hydrogen-bond donors (Lipinski definition) is 1. The molecule has 2 heterocycles. The molecule has 0 spiro atoms. The molecule has 0 amide bonds. The summed E-state index contributed by atoms with van der Waals surface area (Å²) in [6.45, 7) is 5.83. The molecule has 146 valence electrons. The highest BCUT2D eigenvalue weighted by Crippen LogP contribution is 2.18. The number of anilines is 1. The van der Waals surface area contributed by atoms with E-state index in [1.54, 1.807) is 0 Å². The molecule has 0 radical (unpaired) electrons. The predicted octanol–water partition coefficient (Wildman–Crippen LogP) is 0.146. The molecule has 0 aliphatic carbocycles. The van der Waals surface area contributed by atoms with E-state index in [0.29, 0.717) is 31.9 Å². The third-order valence-corrected chi connectivity index (χ3v) is 4.05. The molecule has 0 atom stereocenters. The zero-order chi connectivity index (χ0) is 19.1. The Kier molecular flexibility index (Phi) is 8.11. The molecule has 0 saturated carbocycles. The van der Waals surface area contributed by atoms with Crippen molar-refractivity contribution in [2.45, 2.75) is 40.0 Å². The first kappa shape index (κ1) is 21.5. The third-order valence-electron chi connectivity index (χ3n) is 4.05. The fourth-order valence-corrected chi connectivity index (χ4v) is 2.71. The molecular weight excluding hydrogens is 420 g/mol. The number of aromatic nitrogens is 4. The van der Waals surface area contributed by atoms with Gasteiger partial charge in [0, 0.05) is 0 Å². The minimum Gasteiger partial charge on any atom is -1.00 e. The standard InChI is InChI=1S/C20H23N6O.BrH/c1-16(2)9-12-25-15-26(11-6-10-21)20-18(25)19(22-14-23-20)24-27-13-17-7-4-3-5-8-17;/h3-5,7-9,14-15H,6,11-13H2,1-2H3,(H,22,23,24);1H/q+1;/p-1. The van der Waals surface area contributed by atoms with Crippen LogP contribution in [0.15, 0.2) is 54.6 Å². The van der Waals surface area contributed by atoms with Crippen molar-refractivity contribution in [2.75, 3.05) is 5.48 Å². The number of benzene rings is 1. The summed E-state index contributed by atoms with van der Waals surface area (Å²) in [7, 11) is 0. The lowest BCUT2D eigenvalue weighted by Crippen LogP contribution is -3.00. The molecule has 0 unspecified atom stereocenters. The van der Waals surface area contributed by atoms with Gasteiger partial charge in [-0.1, -0.05) is 47.0 Å². The number of imidazole rings is 1. The van der Waals surface area contributed by atoms with Crippen molar-refractivity contribution in [3.63, 3.8) is 0 Å². The highest BCUT2D eigenvalue weighted by molar-refractivity contribution is 5.80. The molecule has 1 aromatic carbocycles. The quantitative estimate of drug-likeness (QED) is 0.305. The number of halogens is 1. The van der Waals surface area contributed by atoms with Gasteiger partial charge >= 0.3 is 5.65 Å². The molecule has 0 saturated heterocycles. The van der Waals surface area contributed by atoms with Crippen LogP contribution in [0, 0.1) is 11.3 Å². The van der Waals surface area contributed by atoms with Crippen LogP contribution in [-0.2, 0) is 24.5 Å². The van der Waals surface area contributed by atoms with Crippen LogP contribution in [0.4, 0.5) is 5.82 Å². The van der Waals surface area contributed by atoms with E-state index in [0.717, 1.165) is 16.7 Å². The first-order chi connectivity index (χ1) is 13.2. The highest BCUT2D eigenvalue weighted by Gasteiger charge is 2.21. The lowest BCUT2D eigenvalue weighted by molar-refractivity contribution is -0.672. The summed E-state index contributed by atoms with van der Waals surface area (Å²) in [5.41, 5.74) is 6.88. The largest absolute Gasteiger partial charge is 1.00 e. The summed E-state index contributed by atoms with van der Waals surface area (Å²) in [5, 5.41) is 8.92. The van der Waals surface area contributed by atoms with Gasteiger partial charge < -0.3 is 17.0 Å². The average Bonchev–Trinajstić information content (AvgIpc) is 3.04. The lowest BCUT2D eigenvalue weighted by atomic mass is 10.2. The number of allylic oxidation sites excluding steroid dienone is 2. The van der Waals surface area contributed by atoms with E-state index < -0.39 is 0 Å². The van der Waals surface area contributed by atoms with E-state index >= 15 is 0 Å². The van der Waals surface area contributed by atoms with E-state index in [1.807, 2.05) is 41.2 Å². The van der Waals surface area contributed by atoms with Crippen LogP contribution in [0.1, 0.15) is 25.8 Å². The SMILES string of the molecule is CC(C)=CCn1c[n+](CCC#N)c2ncnc(NOCc3ccccc3)c21.[Br-]. The van der Waals surface area contributed by atoms with Gasteiger partial charge in [-0.25, -0.2) is 10.0 Å². The van der Waals surface area contributed by atoms with E-state index in [1.165, 1.54) is 11.9 Å². The first-order valence-corrected chi connectivity index (χ1v) is 8.84. The van der Waals surface area contributed by atoms with Crippen molar-refractivity contribution in [3.8, 4) is 6.07 Å². The molecule has 0 fully saturated rings. The van der Waals surface area contributed by atoms with Gasteiger partial charge in [-0.2, -0.15) is 10.2 Å². The Bertz CT molecular complexity index is 974. The molecular formula is C20H23BrN6O. The Morgan fingerprint density at radius 1 is 1.29 bits per heavy atom. The number of nitrogens with one attached hydrogen (secondary N) is 1. The Hall–Kier alpha value is -2.76. The fraction of sp³-hybridized carbons (Fsp3) is 0.300. The average molecular weight is 443 g/mol. The topological polar surface area (TPSA) is 79.6 Å². The van der Waals surface area contributed by atoms with Crippen LogP contribution in [-0.4, -0.2) is 14.5 Å². The molecule has 28 heavy (non-hydrogen) atoms. The van der Waals surface area contributed by atoms with Crippen molar-refractivity contribution in [2.24, 2.45) is 0 Å². The predicted molar refractivity (Wildman–Crippen MR) is 102 cm³/mol. The summed E-state index contributed by atoms with van der Waals surface area (Å²) < 4.78 is 4.04. The monoisotopic (exact) mass is 442 g/mol. The third kappa shape index (κ3) is 5.38. The van der Waals surface area contributed by atoms with E-state index in [9.17, 15) is 0 Å². The maximum Gasteiger partial charge on any atom is 0.307 e. The molecule has 0 aliphatic heterocycles. The number of rotatable bonds is 8. The molecule has 2 aromatic heterocycles.